The Bertz CT molecular complexity index is 957. The van der Waals surface area contributed by atoms with Crippen LogP contribution in [0.1, 0.15) is 23.2 Å². The number of rotatable bonds is 5. The van der Waals surface area contributed by atoms with E-state index in [0.29, 0.717) is 34.0 Å². The molecule has 0 aromatic heterocycles. The van der Waals surface area contributed by atoms with Crippen LogP contribution in [0.25, 0.3) is 0 Å². The van der Waals surface area contributed by atoms with Crippen LogP contribution < -0.4 is 24.8 Å². The number of nitrogens with one attached hydrogen (secondary N) is 2. The van der Waals surface area contributed by atoms with Crippen LogP contribution in [0.4, 0.5) is 0 Å². The second-order valence-electron chi connectivity index (χ2n) is 6.51. The van der Waals surface area contributed by atoms with Crippen LogP contribution in [0.3, 0.4) is 0 Å². The van der Waals surface area contributed by atoms with E-state index in [0.717, 1.165) is 5.56 Å². The molecule has 7 heteroatoms. The van der Waals surface area contributed by atoms with Gasteiger partial charge in [0.1, 0.15) is 0 Å². The molecule has 4 rings (SSSR count). The molecule has 0 saturated heterocycles. The van der Waals surface area contributed by atoms with Crippen molar-refractivity contribution >= 4 is 11.8 Å². The number of hydrogen-bond donors (Lipinski definition) is 2. The standard InChI is InChI=1S/C21H20N2O5/c1-26-13-9-12(10-14(27-2)19(13)28-3)18-16-15(20(24)23-18)17(22-21(16)25)11-7-5-4-6-8-11/h4-10,17-18H,1-3H3,(H,22,25)(H,23,24). The first-order valence-electron chi connectivity index (χ1n) is 8.79. The third kappa shape index (κ3) is 2.67. The summed E-state index contributed by atoms with van der Waals surface area (Å²) in [7, 11) is 4.56. The average molecular weight is 380 g/mol. The number of amides is 2. The smallest absolute Gasteiger partial charge is 0.250 e. The fraction of sp³-hybridized carbons (Fsp3) is 0.238. The van der Waals surface area contributed by atoms with Crippen molar-refractivity contribution in [3.63, 3.8) is 0 Å². The van der Waals surface area contributed by atoms with Crippen LogP contribution in [0.15, 0.2) is 53.6 Å². The number of hydrogen-bond acceptors (Lipinski definition) is 5. The van der Waals surface area contributed by atoms with Gasteiger partial charge in [-0.2, -0.15) is 0 Å². The summed E-state index contributed by atoms with van der Waals surface area (Å²) in [5.74, 6) is 0.837. The molecule has 0 fully saturated rings. The van der Waals surface area contributed by atoms with Gasteiger partial charge in [0.05, 0.1) is 44.6 Å². The molecular weight excluding hydrogens is 360 g/mol. The van der Waals surface area contributed by atoms with E-state index in [4.69, 9.17) is 14.2 Å². The minimum absolute atomic E-state index is 0.263. The summed E-state index contributed by atoms with van der Waals surface area (Å²) < 4.78 is 16.2. The molecule has 0 saturated carbocycles. The lowest BCUT2D eigenvalue weighted by Crippen LogP contribution is -2.33. The maximum atomic E-state index is 12.8. The van der Waals surface area contributed by atoms with Crippen molar-refractivity contribution in [2.75, 3.05) is 21.3 Å². The first-order chi connectivity index (χ1) is 13.6. The molecule has 28 heavy (non-hydrogen) atoms. The summed E-state index contributed by atoms with van der Waals surface area (Å²) >= 11 is 0. The van der Waals surface area contributed by atoms with Crippen LogP contribution in [0, 0.1) is 0 Å². The molecule has 0 spiro atoms. The van der Waals surface area contributed by atoms with Crippen molar-refractivity contribution in [3.8, 4) is 17.2 Å². The fourth-order valence-corrected chi connectivity index (χ4v) is 3.79. The Balaban J connectivity index is 1.81. The van der Waals surface area contributed by atoms with Crippen molar-refractivity contribution in [1.29, 1.82) is 0 Å². The second kappa shape index (κ2) is 6.92. The zero-order valence-corrected chi connectivity index (χ0v) is 15.7. The molecule has 2 atom stereocenters. The number of carbonyl (C=O) groups excluding carboxylic acids is 2. The summed E-state index contributed by atoms with van der Waals surface area (Å²) in [6.45, 7) is 0. The summed E-state index contributed by atoms with van der Waals surface area (Å²) in [4.78, 5) is 25.5. The highest BCUT2D eigenvalue weighted by Gasteiger charge is 2.46. The third-order valence-corrected chi connectivity index (χ3v) is 5.06. The maximum Gasteiger partial charge on any atom is 0.250 e. The Morgan fingerprint density at radius 1 is 0.714 bits per heavy atom. The largest absolute Gasteiger partial charge is 0.493 e. The maximum absolute atomic E-state index is 12.8. The molecule has 144 valence electrons. The summed E-state index contributed by atoms with van der Waals surface area (Å²) in [6.07, 6.45) is 0. The van der Waals surface area contributed by atoms with Crippen molar-refractivity contribution in [3.05, 3.63) is 64.7 Å². The van der Waals surface area contributed by atoms with Gasteiger partial charge in [-0.3, -0.25) is 9.59 Å². The molecule has 0 aliphatic carbocycles. The first kappa shape index (κ1) is 17.9. The van der Waals surface area contributed by atoms with Crippen molar-refractivity contribution in [2.45, 2.75) is 12.1 Å². The second-order valence-corrected chi connectivity index (χ2v) is 6.51. The van der Waals surface area contributed by atoms with Gasteiger partial charge in [0.15, 0.2) is 11.5 Å². The molecule has 2 aliphatic heterocycles. The molecule has 0 bridgehead atoms. The highest BCUT2D eigenvalue weighted by atomic mass is 16.5. The zero-order chi connectivity index (χ0) is 19.8. The molecule has 0 radical (unpaired) electrons. The van der Waals surface area contributed by atoms with E-state index in [2.05, 4.69) is 10.6 Å². The Morgan fingerprint density at radius 2 is 1.21 bits per heavy atom. The third-order valence-electron chi connectivity index (χ3n) is 5.06. The number of ether oxygens (including phenoxy) is 3. The summed E-state index contributed by atoms with van der Waals surface area (Å²) in [5.41, 5.74) is 2.42. The van der Waals surface area contributed by atoms with Crippen LogP contribution in [0.2, 0.25) is 0 Å². The molecular formula is C21H20N2O5. The van der Waals surface area contributed by atoms with Crippen LogP contribution in [-0.4, -0.2) is 33.1 Å². The van der Waals surface area contributed by atoms with Gasteiger partial charge in [0, 0.05) is 0 Å². The van der Waals surface area contributed by atoms with Crippen molar-refractivity contribution < 1.29 is 23.8 Å². The molecule has 2 aliphatic rings. The van der Waals surface area contributed by atoms with E-state index in [1.54, 1.807) is 12.1 Å². The minimum Gasteiger partial charge on any atom is -0.493 e. The van der Waals surface area contributed by atoms with E-state index in [9.17, 15) is 9.59 Å². The van der Waals surface area contributed by atoms with Gasteiger partial charge < -0.3 is 24.8 Å². The van der Waals surface area contributed by atoms with Gasteiger partial charge in [-0.1, -0.05) is 30.3 Å². The molecule has 2 N–H and O–H groups in total. The Hall–Kier alpha value is -3.48. The quantitative estimate of drug-likeness (QED) is 0.829. The zero-order valence-electron chi connectivity index (χ0n) is 15.7. The molecule has 7 nitrogen and oxygen atoms in total. The van der Waals surface area contributed by atoms with Crippen LogP contribution in [-0.2, 0) is 9.59 Å². The molecule has 2 amide bonds. The van der Waals surface area contributed by atoms with E-state index in [-0.39, 0.29) is 11.8 Å². The topological polar surface area (TPSA) is 85.9 Å². The van der Waals surface area contributed by atoms with Crippen LogP contribution >= 0.6 is 0 Å². The Kier molecular flexibility index (Phi) is 4.43. The normalized spacial score (nSPS) is 20.5. The van der Waals surface area contributed by atoms with Gasteiger partial charge in [-0.05, 0) is 23.3 Å². The fourth-order valence-electron chi connectivity index (χ4n) is 3.79. The Labute approximate surface area is 162 Å². The predicted octanol–water partition coefficient (Wildman–Crippen LogP) is 2.05. The summed E-state index contributed by atoms with van der Waals surface area (Å²) in [5, 5.41) is 5.84. The average Bonchev–Trinajstić information content (AvgIpc) is 3.26. The monoisotopic (exact) mass is 380 g/mol. The minimum atomic E-state index is -0.593. The van der Waals surface area contributed by atoms with Gasteiger partial charge in [-0.15, -0.1) is 0 Å². The number of methoxy groups -OCH3 is 3. The van der Waals surface area contributed by atoms with Crippen LogP contribution in [0.5, 0.6) is 17.2 Å². The number of carbonyl (C=O) groups is 2. The molecule has 2 aromatic rings. The van der Waals surface area contributed by atoms with E-state index >= 15 is 0 Å². The van der Waals surface area contributed by atoms with Crippen molar-refractivity contribution in [1.82, 2.24) is 10.6 Å². The van der Waals surface area contributed by atoms with Gasteiger partial charge in [-0.25, -0.2) is 0 Å². The predicted molar refractivity (Wildman–Crippen MR) is 101 cm³/mol. The van der Waals surface area contributed by atoms with Crippen molar-refractivity contribution in [2.24, 2.45) is 0 Å². The van der Waals surface area contributed by atoms with E-state index < -0.39 is 12.1 Å². The van der Waals surface area contributed by atoms with Gasteiger partial charge in [0.2, 0.25) is 5.75 Å². The van der Waals surface area contributed by atoms with Gasteiger partial charge in [0.25, 0.3) is 11.8 Å². The van der Waals surface area contributed by atoms with E-state index in [1.165, 1.54) is 21.3 Å². The Morgan fingerprint density at radius 3 is 1.68 bits per heavy atom. The SMILES string of the molecule is COc1cc(C2NC(=O)C3=C2C(=O)NC3c2ccccc2)cc(OC)c1OC. The van der Waals surface area contributed by atoms with E-state index in [1.807, 2.05) is 30.3 Å². The first-order valence-corrected chi connectivity index (χ1v) is 8.79. The lowest BCUT2D eigenvalue weighted by atomic mass is 9.95. The highest BCUT2D eigenvalue weighted by molar-refractivity contribution is 6.14. The summed E-state index contributed by atoms with van der Waals surface area (Å²) in [6, 6.07) is 11.9. The molecule has 2 unspecified atom stereocenters. The lowest BCUT2D eigenvalue weighted by molar-refractivity contribution is -0.118. The molecule has 2 heterocycles. The highest BCUT2D eigenvalue weighted by Crippen LogP contribution is 2.45. The van der Waals surface area contributed by atoms with Gasteiger partial charge >= 0.3 is 0 Å². The lowest BCUT2D eigenvalue weighted by Gasteiger charge is -2.19. The molecule has 2 aromatic carbocycles. The number of benzene rings is 2.